The van der Waals surface area contributed by atoms with Gasteiger partial charge in [-0.2, -0.15) is 4.31 Å². The van der Waals surface area contributed by atoms with E-state index in [-0.39, 0.29) is 18.3 Å². The van der Waals surface area contributed by atoms with Gasteiger partial charge in [0.05, 0.1) is 16.8 Å². The lowest BCUT2D eigenvalue weighted by molar-refractivity contribution is 0.308. The third-order valence-electron chi connectivity index (χ3n) is 3.76. The van der Waals surface area contributed by atoms with E-state index in [0.717, 1.165) is 38.4 Å². The van der Waals surface area contributed by atoms with E-state index < -0.39 is 25.1 Å². The van der Waals surface area contributed by atoms with Crippen LogP contribution in [0, 0.1) is 0 Å². The Morgan fingerprint density at radius 2 is 1.41 bits per heavy atom. The Morgan fingerprint density at radius 3 is 1.88 bits per heavy atom. The van der Waals surface area contributed by atoms with Gasteiger partial charge in [-0.25, -0.2) is 16.8 Å². The topological polar surface area (TPSA) is 71.5 Å². The summed E-state index contributed by atoms with van der Waals surface area (Å²) in [5.41, 5.74) is 0. The Balaban J connectivity index is 2.00. The molecule has 5 nitrogen and oxygen atoms in total. The Bertz CT molecular complexity index is 470. The standard InChI is InChI=1S/C10H19NO4S2/c1-16(12,13)11-7-10(8-11)17(14,15)9-5-3-2-4-6-9/h9-10H,2-8H2,1H3. The van der Waals surface area contributed by atoms with Crippen molar-refractivity contribution in [3.8, 4) is 0 Å². The van der Waals surface area contributed by atoms with Crippen LogP contribution in [0.3, 0.4) is 0 Å². The monoisotopic (exact) mass is 281 g/mol. The highest BCUT2D eigenvalue weighted by Crippen LogP contribution is 2.30. The molecule has 100 valence electrons. The highest BCUT2D eigenvalue weighted by molar-refractivity contribution is 7.93. The summed E-state index contributed by atoms with van der Waals surface area (Å²) in [5, 5.41) is -0.705. The van der Waals surface area contributed by atoms with Crippen molar-refractivity contribution in [3.63, 3.8) is 0 Å². The molecular weight excluding hydrogens is 262 g/mol. The minimum atomic E-state index is -3.22. The molecule has 1 aliphatic heterocycles. The molecule has 2 fully saturated rings. The molecule has 0 aromatic heterocycles. The van der Waals surface area contributed by atoms with Crippen molar-refractivity contribution in [1.82, 2.24) is 4.31 Å². The molecule has 0 aromatic carbocycles. The molecule has 1 saturated carbocycles. The summed E-state index contributed by atoms with van der Waals surface area (Å²) >= 11 is 0. The van der Waals surface area contributed by atoms with Crippen LogP contribution in [0.25, 0.3) is 0 Å². The zero-order chi connectivity index (χ0) is 12.7. The fraction of sp³-hybridized carbons (Fsp3) is 1.00. The van der Waals surface area contributed by atoms with Gasteiger partial charge in [0.2, 0.25) is 10.0 Å². The van der Waals surface area contributed by atoms with Gasteiger partial charge in [-0.1, -0.05) is 19.3 Å². The second kappa shape index (κ2) is 4.51. The van der Waals surface area contributed by atoms with Gasteiger partial charge < -0.3 is 0 Å². The van der Waals surface area contributed by atoms with Crippen LogP contribution < -0.4 is 0 Å². The Morgan fingerprint density at radius 1 is 0.882 bits per heavy atom. The molecular formula is C10H19NO4S2. The third-order valence-corrected chi connectivity index (χ3v) is 7.63. The van der Waals surface area contributed by atoms with Gasteiger partial charge in [0.1, 0.15) is 0 Å². The van der Waals surface area contributed by atoms with Crippen LogP contribution in [-0.4, -0.2) is 51.0 Å². The van der Waals surface area contributed by atoms with Crippen molar-refractivity contribution in [1.29, 1.82) is 0 Å². The average Bonchev–Trinajstić information content (AvgIpc) is 2.13. The molecule has 0 unspecified atom stereocenters. The molecule has 0 atom stereocenters. The van der Waals surface area contributed by atoms with E-state index in [2.05, 4.69) is 0 Å². The van der Waals surface area contributed by atoms with Gasteiger partial charge in [-0.15, -0.1) is 0 Å². The summed E-state index contributed by atoms with van der Waals surface area (Å²) in [7, 11) is -6.35. The van der Waals surface area contributed by atoms with Crippen LogP contribution in [0.5, 0.6) is 0 Å². The largest absolute Gasteiger partial charge is 0.228 e. The number of sulfonamides is 1. The molecule has 7 heteroatoms. The lowest BCUT2D eigenvalue weighted by Crippen LogP contribution is -2.58. The van der Waals surface area contributed by atoms with Crippen molar-refractivity contribution in [2.75, 3.05) is 19.3 Å². The van der Waals surface area contributed by atoms with E-state index in [1.807, 2.05) is 0 Å². The Kier molecular flexibility index (Phi) is 3.53. The van der Waals surface area contributed by atoms with Gasteiger partial charge in [-0.3, -0.25) is 0 Å². The number of hydrogen-bond donors (Lipinski definition) is 0. The maximum Gasteiger partial charge on any atom is 0.211 e. The summed E-state index contributed by atoms with van der Waals surface area (Å²) in [4.78, 5) is 0. The second-order valence-electron chi connectivity index (χ2n) is 5.05. The summed E-state index contributed by atoms with van der Waals surface area (Å²) in [6.07, 6.45) is 5.69. The van der Waals surface area contributed by atoms with E-state index in [4.69, 9.17) is 0 Å². The predicted octanol–water partition coefficient (Wildman–Crippen LogP) is 0.378. The van der Waals surface area contributed by atoms with Gasteiger partial charge in [0.25, 0.3) is 0 Å². The maximum atomic E-state index is 12.2. The van der Waals surface area contributed by atoms with Crippen LogP contribution >= 0.6 is 0 Å². The van der Waals surface area contributed by atoms with Gasteiger partial charge >= 0.3 is 0 Å². The van der Waals surface area contributed by atoms with Gasteiger partial charge in [-0.05, 0) is 12.8 Å². The molecule has 0 radical (unpaired) electrons. The first kappa shape index (κ1) is 13.3. The van der Waals surface area contributed by atoms with Crippen molar-refractivity contribution in [3.05, 3.63) is 0 Å². The number of hydrogen-bond acceptors (Lipinski definition) is 4. The van der Waals surface area contributed by atoms with Crippen molar-refractivity contribution < 1.29 is 16.8 Å². The number of rotatable bonds is 3. The first-order chi connectivity index (χ1) is 7.82. The van der Waals surface area contributed by atoms with Crippen molar-refractivity contribution in [2.24, 2.45) is 0 Å². The Labute approximate surface area is 103 Å². The summed E-state index contributed by atoms with van der Waals surface area (Å²) < 4.78 is 48.1. The minimum absolute atomic E-state index is 0.150. The molecule has 2 aliphatic rings. The second-order valence-corrected chi connectivity index (χ2v) is 9.54. The molecule has 2 rings (SSSR count). The fourth-order valence-electron chi connectivity index (χ4n) is 2.55. The maximum absolute atomic E-state index is 12.2. The molecule has 0 spiro atoms. The highest BCUT2D eigenvalue weighted by atomic mass is 32.2. The molecule has 17 heavy (non-hydrogen) atoms. The first-order valence-electron chi connectivity index (χ1n) is 5.99. The van der Waals surface area contributed by atoms with E-state index >= 15 is 0 Å². The molecule has 0 amide bonds. The van der Waals surface area contributed by atoms with Crippen LogP contribution in [0.4, 0.5) is 0 Å². The highest BCUT2D eigenvalue weighted by Gasteiger charge is 2.44. The number of sulfone groups is 1. The zero-order valence-corrected chi connectivity index (χ0v) is 11.6. The summed E-state index contributed by atoms with van der Waals surface area (Å²) in [6, 6.07) is 0. The average molecular weight is 281 g/mol. The number of nitrogens with zero attached hydrogens (tertiary/aromatic N) is 1. The molecule has 0 aromatic rings. The van der Waals surface area contributed by atoms with Crippen LogP contribution in [0.15, 0.2) is 0 Å². The normalized spacial score (nSPS) is 25.7. The zero-order valence-electron chi connectivity index (χ0n) is 10.0. The van der Waals surface area contributed by atoms with Gasteiger partial charge in [0.15, 0.2) is 9.84 Å². The minimum Gasteiger partial charge on any atom is -0.228 e. The van der Waals surface area contributed by atoms with Gasteiger partial charge in [0, 0.05) is 13.1 Å². The van der Waals surface area contributed by atoms with E-state index in [0.29, 0.717) is 0 Å². The first-order valence-corrected chi connectivity index (χ1v) is 9.45. The van der Waals surface area contributed by atoms with Crippen molar-refractivity contribution in [2.45, 2.75) is 42.6 Å². The molecule has 1 saturated heterocycles. The molecule has 1 aliphatic carbocycles. The summed E-state index contributed by atoms with van der Waals surface area (Å²) in [6.45, 7) is 0.301. The fourth-order valence-corrected chi connectivity index (χ4v) is 5.95. The van der Waals surface area contributed by atoms with Crippen LogP contribution in [-0.2, 0) is 19.9 Å². The molecule has 0 N–H and O–H groups in total. The lowest BCUT2D eigenvalue weighted by atomic mass is 10.0. The SMILES string of the molecule is CS(=O)(=O)N1CC(S(=O)(=O)C2CCCCC2)C1. The van der Waals surface area contributed by atoms with E-state index in [9.17, 15) is 16.8 Å². The third kappa shape index (κ3) is 2.66. The quantitative estimate of drug-likeness (QED) is 0.749. The smallest absolute Gasteiger partial charge is 0.211 e. The molecule has 1 heterocycles. The van der Waals surface area contributed by atoms with Crippen LogP contribution in [0.1, 0.15) is 32.1 Å². The summed E-state index contributed by atoms with van der Waals surface area (Å²) in [5.74, 6) is 0. The lowest BCUT2D eigenvalue weighted by Gasteiger charge is -2.39. The predicted molar refractivity (Wildman–Crippen MR) is 66.0 cm³/mol. The van der Waals surface area contributed by atoms with Crippen LogP contribution in [0.2, 0.25) is 0 Å². The molecule has 0 bridgehead atoms. The Hall–Kier alpha value is -0.140. The van der Waals surface area contributed by atoms with E-state index in [1.165, 1.54) is 4.31 Å². The van der Waals surface area contributed by atoms with E-state index in [1.54, 1.807) is 0 Å². The van der Waals surface area contributed by atoms with Crippen molar-refractivity contribution >= 4 is 19.9 Å².